The molecule has 0 spiro atoms. The van der Waals surface area contributed by atoms with Gasteiger partial charge in [-0.1, -0.05) is 12.1 Å². The summed E-state index contributed by atoms with van der Waals surface area (Å²) in [5, 5.41) is 3.12. The fraction of sp³-hybridized carbons (Fsp3) is 0.500. The summed E-state index contributed by atoms with van der Waals surface area (Å²) in [6.07, 6.45) is 0.188. The molecule has 2 rings (SSSR count). The van der Waals surface area contributed by atoms with E-state index in [2.05, 4.69) is 17.4 Å². The molecule has 1 N–H and O–H groups in total. The minimum absolute atomic E-state index is 0.256. The largest absolute Gasteiger partial charge is 0.478 e. The molecule has 4 nitrogen and oxygen atoms in total. The molecule has 1 aromatic rings. The molecular formula is C14H19NO3. The van der Waals surface area contributed by atoms with E-state index in [1.807, 2.05) is 20.9 Å². The zero-order chi connectivity index (χ0) is 13.1. The summed E-state index contributed by atoms with van der Waals surface area (Å²) in [5.41, 5.74) is 3.33. The van der Waals surface area contributed by atoms with Crippen molar-refractivity contribution in [3.8, 4) is 5.75 Å². The van der Waals surface area contributed by atoms with Gasteiger partial charge in [0.25, 0.3) is 0 Å². The molecule has 98 valence electrons. The van der Waals surface area contributed by atoms with Gasteiger partial charge in [0, 0.05) is 13.0 Å². The Labute approximate surface area is 107 Å². The summed E-state index contributed by atoms with van der Waals surface area (Å²) >= 11 is 0. The van der Waals surface area contributed by atoms with Gasteiger partial charge in [0.2, 0.25) is 0 Å². The molecule has 1 saturated heterocycles. The highest BCUT2D eigenvalue weighted by molar-refractivity contribution is 5.77. The Bertz CT molecular complexity index is 433. The van der Waals surface area contributed by atoms with Crippen LogP contribution in [-0.2, 0) is 16.1 Å². The van der Waals surface area contributed by atoms with E-state index in [4.69, 9.17) is 9.47 Å². The number of cyclic esters (lactones) is 1. The molecule has 1 atom stereocenters. The standard InChI is InChI=1S/C14H19NO3/c1-9-6-11(8-15-3)7-10(2)13(9)18-12-4-5-17-14(12)16/h6-7,12,15H,4-5,8H2,1-3H3. The number of esters is 1. The Morgan fingerprint density at radius 3 is 2.56 bits per heavy atom. The first-order chi connectivity index (χ1) is 8.61. The van der Waals surface area contributed by atoms with Crippen LogP contribution in [0.2, 0.25) is 0 Å². The van der Waals surface area contributed by atoms with Crippen molar-refractivity contribution in [2.45, 2.75) is 32.9 Å². The maximum Gasteiger partial charge on any atom is 0.347 e. The lowest BCUT2D eigenvalue weighted by atomic mass is 10.1. The molecule has 4 heteroatoms. The van der Waals surface area contributed by atoms with Crippen molar-refractivity contribution >= 4 is 5.97 Å². The highest BCUT2D eigenvalue weighted by atomic mass is 16.6. The molecule has 1 unspecified atom stereocenters. The highest BCUT2D eigenvalue weighted by Crippen LogP contribution is 2.27. The van der Waals surface area contributed by atoms with Crippen molar-refractivity contribution in [3.63, 3.8) is 0 Å². The van der Waals surface area contributed by atoms with Crippen molar-refractivity contribution in [2.24, 2.45) is 0 Å². The molecule has 0 bridgehead atoms. The third-order valence-corrected chi connectivity index (χ3v) is 3.05. The molecule has 1 aliphatic heterocycles. The lowest BCUT2D eigenvalue weighted by Crippen LogP contribution is -2.22. The number of hydrogen-bond donors (Lipinski definition) is 1. The van der Waals surface area contributed by atoms with Gasteiger partial charge in [0.15, 0.2) is 6.10 Å². The van der Waals surface area contributed by atoms with Crippen LogP contribution in [-0.4, -0.2) is 25.7 Å². The summed E-state index contributed by atoms with van der Waals surface area (Å²) in [6, 6.07) is 4.16. The summed E-state index contributed by atoms with van der Waals surface area (Å²) in [5.74, 6) is 0.548. The van der Waals surface area contributed by atoms with Crippen LogP contribution in [0.15, 0.2) is 12.1 Å². The van der Waals surface area contributed by atoms with E-state index in [9.17, 15) is 4.79 Å². The maximum absolute atomic E-state index is 11.4. The zero-order valence-corrected chi connectivity index (χ0v) is 11.1. The van der Waals surface area contributed by atoms with Crippen molar-refractivity contribution < 1.29 is 14.3 Å². The number of benzene rings is 1. The third-order valence-electron chi connectivity index (χ3n) is 3.05. The first-order valence-corrected chi connectivity index (χ1v) is 6.20. The number of ether oxygens (including phenoxy) is 2. The van der Waals surface area contributed by atoms with E-state index in [1.165, 1.54) is 5.56 Å². The van der Waals surface area contributed by atoms with E-state index in [0.717, 1.165) is 23.4 Å². The molecule has 0 aliphatic carbocycles. The number of carbonyl (C=O) groups is 1. The van der Waals surface area contributed by atoms with Gasteiger partial charge >= 0.3 is 5.97 Å². The quantitative estimate of drug-likeness (QED) is 0.825. The Kier molecular flexibility index (Phi) is 3.87. The number of carbonyl (C=O) groups excluding carboxylic acids is 1. The highest BCUT2D eigenvalue weighted by Gasteiger charge is 2.29. The Morgan fingerprint density at radius 1 is 1.39 bits per heavy atom. The Balaban J connectivity index is 2.20. The third kappa shape index (κ3) is 2.64. The van der Waals surface area contributed by atoms with Gasteiger partial charge in [0.1, 0.15) is 5.75 Å². The monoisotopic (exact) mass is 249 g/mol. The fourth-order valence-electron chi connectivity index (χ4n) is 2.26. The van der Waals surface area contributed by atoms with Gasteiger partial charge in [-0.05, 0) is 37.6 Å². The molecular weight excluding hydrogens is 230 g/mol. The summed E-state index contributed by atoms with van der Waals surface area (Å²) in [6.45, 7) is 5.29. The van der Waals surface area contributed by atoms with Crippen LogP contribution in [0.4, 0.5) is 0 Å². The van der Waals surface area contributed by atoms with Crippen molar-refractivity contribution in [2.75, 3.05) is 13.7 Å². The summed E-state index contributed by atoms with van der Waals surface area (Å²) in [7, 11) is 1.92. The van der Waals surface area contributed by atoms with Gasteiger partial charge in [0.05, 0.1) is 6.61 Å². The number of nitrogens with one attached hydrogen (secondary N) is 1. The average Bonchev–Trinajstić information content (AvgIpc) is 2.70. The van der Waals surface area contributed by atoms with Crippen molar-refractivity contribution in [1.82, 2.24) is 5.32 Å². The molecule has 1 heterocycles. The number of hydrogen-bond acceptors (Lipinski definition) is 4. The molecule has 0 amide bonds. The smallest absolute Gasteiger partial charge is 0.347 e. The van der Waals surface area contributed by atoms with Crippen LogP contribution in [0.1, 0.15) is 23.1 Å². The number of rotatable bonds is 4. The van der Waals surface area contributed by atoms with E-state index >= 15 is 0 Å². The van der Waals surface area contributed by atoms with Gasteiger partial charge in [-0.2, -0.15) is 0 Å². The van der Waals surface area contributed by atoms with Crippen LogP contribution in [0.3, 0.4) is 0 Å². The zero-order valence-electron chi connectivity index (χ0n) is 11.1. The fourth-order valence-corrected chi connectivity index (χ4v) is 2.26. The lowest BCUT2D eigenvalue weighted by molar-refractivity contribution is -0.143. The van der Waals surface area contributed by atoms with E-state index in [1.54, 1.807) is 0 Å². The molecule has 0 radical (unpaired) electrons. The first-order valence-electron chi connectivity index (χ1n) is 6.20. The van der Waals surface area contributed by atoms with E-state index in [0.29, 0.717) is 13.0 Å². The first kappa shape index (κ1) is 12.9. The van der Waals surface area contributed by atoms with Gasteiger partial charge in [-0.15, -0.1) is 0 Å². The van der Waals surface area contributed by atoms with E-state index < -0.39 is 6.10 Å². The predicted octanol–water partition coefficient (Wildman–Crippen LogP) is 1.72. The second-order valence-corrected chi connectivity index (χ2v) is 4.65. The van der Waals surface area contributed by atoms with E-state index in [-0.39, 0.29) is 5.97 Å². The average molecular weight is 249 g/mol. The van der Waals surface area contributed by atoms with Crippen LogP contribution in [0, 0.1) is 13.8 Å². The molecule has 0 saturated carbocycles. The normalized spacial score (nSPS) is 18.8. The Morgan fingerprint density at radius 2 is 2.06 bits per heavy atom. The van der Waals surface area contributed by atoms with Crippen LogP contribution < -0.4 is 10.1 Å². The molecule has 18 heavy (non-hydrogen) atoms. The minimum atomic E-state index is -0.447. The maximum atomic E-state index is 11.4. The van der Waals surface area contributed by atoms with Gasteiger partial charge < -0.3 is 14.8 Å². The van der Waals surface area contributed by atoms with Crippen molar-refractivity contribution in [3.05, 3.63) is 28.8 Å². The SMILES string of the molecule is CNCc1cc(C)c(OC2CCOC2=O)c(C)c1. The van der Waals surface area contributed by atoms with Crippen LogP contribution >= 0.6 is 0 Å². The predicted molar refractivity (Wildman–Crippen MR) is 68.7 cm³/mol. The summed E-state index contributed by atoms with van der Waals surface area (Å²) < 4.78 is 10.7. The topological polar surface area (TPSA) is 47.6 Å². The second-order valence-electron chi connectivity index (χ2n) is 4.65. The molecule has 1 fully saturated rings. The minimum Gasteiger partial charge on any atom is -0.478 e. The lowest BCUT2D eigenvalue weighted by Gasteiger charge is -2.16. The molecule has 1 aliphatic rings. The second kappa shape index (κ2) is 5.40. The van der Waals surface area contributed by atoms with Crippen molar-refractivity contribution in [1.29, 1.82) is 0 Å². The van der Waals surface area contributed by atoms with Gasteiger partial charge in [-0.3, -0.25) is 0 Å². The molecule has 1 aromatic carbocycles. The molecule has 0 aromatic heterocycles. The number of aryl methyl sites for hydroxylation is 2. The Hall–Kier alpha value is -1.55. The van der Waals surface area contributed by atoms with Crippen LogP contribution in [0.25, 0.3) is 0 Å². The summed E-state index contributed by atoms with van der Waals surface area (Å²) in [4.78, 5) is 11.4. The van der Waals surface area contributed by atoms with Gasteiger partial charge in [-0.25, -0.2) is 4.79 Å². The van der Waals surface area contributed by atoms with Crippen LogP contribution in [0.5, 0.6) is 5.75 Å².